The number of carbonyl (C=O) groups excluding carboxylic acids is 1. The standard InChI is InChI=1S/C23H12FN5O2S/c24-14-4-5-17-16(9-14)21(15-6-7-32-20(15)11-25)22(26-17)13-3-1-2-12(8-13)18-10-19(28-27-18)23(30)29-31/h1-10,26H,(H,27,28). The summed E-state index contributed by atoms with van der Waals surface area (Å²) in [5.41, 5.74) is 4.91. The Labute approximate surface area is 184 Å². The molecule has 0 aliphatic rings. The highest BCUT2D eigenvalue weighted by atomic mass is 32.1. The number of nitroso groups, excluding NO2 is 1. The molecule has 0 fully saturated rings. The highest BCUT2D eigenvalue weighted by molar-refractivity contribution is 7.11. The van der Waals surface area contributed by atoms with E-state index in [1.54, 1.807) is 6.07 Å². The topological polar surface area (TPSA) is 115 Å². The first-order valence-corrected chi connectivity index (χ1v) is 10.3. The third-order valence-corrected chi connectivity index (χ3v) is 5.96. The van der Waals surface area contributed by atoms with Crippen LogP contribution < -0.4 is 0 Å². The fraction of sp³-hybridized carbons (Fsp3) is 0. The summed E-state index contributed by atoms with van der Waals surface area (Å²) in [5.74, 6) is -1.32. The van der Waals surface area contributed by atoms with Gasteiger partial charge in [-0.15, -0.1) is 16.2 Å². The molecule has 0 atom stereocenters. The van der Waals surface area contributed by atoms with Gasteiger partial charge < -0.3 is 4.98 Å². The van der Waals surface area contributed by atoms with Crippen LogP contribution >= 0.6 is 11.3 Å². The molecule has 32 heavy (non-hydrogen) atoms. The van der Waals surface area contributed by atoms with E-state index in [2.05, 4.69) is 26.4 Å². The number of aromatic nitrogens is 3. The number of nitriles is 1. The molecule has 3 heterocycles. The summed E-state index contributed by atoms with van der Waals surface area (Å²) < 4.78 is 14.1. The quantitative estimate of drug-likeness (QED) is 0.339. The molecule has 0 saturated carbocycles. The lowest BCUT2D eigenvalue weighted by atomic mass is 9.97. The van der Waals surface area contributed by atoms with Crippen molar-refractivity contribution in [3.8, 4) is 39.7 Å². The van der Waals surface area contributed by atoms with Crippen LogP contribution in [-0.4, -0.2) is 21.1 Å². The van der Waals surface area contributed by atoms with E-state index in [9.17, 15) is 19.4 Å². The van der Waals surface area contributed by atoms with Crippen molar-refractivity contribution in [2.45, 2.75) is 0 Å². The van der Waals surface area contributed by atoms with E-state index >= 15 is 0 Å². The van der Waals surface area contributed by atoms with Crippen molar-refractivity contribution in [3.05, 3.63) is 81.3 Å². The molecule has 154 valence electrons. The molecule has 0 aliphatic carbocycles. The number of benzene rings is 2. The number of nitrogens with one attached hydrogen (secondary N) is 2. The Kier molecular flexibility index (Phi) is 4.69. The van der Waals surface area contributed by atoms with Crippen molar-refractivity contribution in [2.24, 2.45) is 5.18 Å². The number of rotatable bonds is 4. The zero-order valence-electron chi connectivity index (χ0n) is 16.2. The molecule has 2 aromatic carbocycles. The zero-order valence-corrected chi connectivity index (χ0v) is 17.0. The SMILES string of the molecule is N#Cc1sccc1-c1c(-c2cccc(-c3cc(C(=O)N=O)n[nH]3)c2)[nH]c2ccc(F)cc12. The minimum absolute atomic E-state index is 0.0703. The smallest absolute Gasteiger partial charge is 0.336 e. The fourth-order valence-electron chi connectivity index (χ4n) is 3.72. The minimum Gasteiger partial charge on any atom is -0.354 e. The van der Waals surface area contributed by atoms with Gasteiger partial charge in [-0.25, -0.2) is 4.39 Å². The van der Waals surface area contributed by atoms with Crippen LogP contribution in [0, 0.1) is 22.1 Å². The number of nitrogens with zero attached hydrogens (tertiary/aromatic N) is 3. The van der Waals surface area contributed by atoms with Crippen molar-refractivity contribution in [1.29, 1.82) is 5.26 Å². The average Bonchev–Trinajstić information content (AvgIpc) is 3.56. The van der Waals surface area contributed by atoms with Gasteiger partial charge in [0.05, 0.1) is 11.4 Å². The van der Waals surface area contributed by atoms with E-state index < -0.39 is 5.91 Å². The number of hydrogen-bond acceptors (Lipinski definition) is 5. The molecule has 0 aliphatic heterocycles. The Morgan fingerprint density at radius 3 is 2.78 bits per heavy atom. The summed E-state index contributed by atoms with van der Waals surface area (Å²) in [6.45, 7) is 0. The Hall–Kier alpha value is -4.42. The minimum atomic E-state index is -0.954. The van der Waals surface area contributed by atoms with E-state index in [1.165, 1.54) is 29.5 Å². The molecule has 0 bridgehead atoms. The maximum atomic E-state index is 14.1. The summed E-state index contributed by atoms with van der Waals surface area (Å²) in [6, 6.07) is 17.4. The van der Waals surface area contributed by atoms with Gasteiger partial charge in [0.1, 0.15) is 16.8 Å². The summed E-state index contributed by atoms with van der Waals surface area (Å²) in [5, 5.41) is 21.0. The lowest BCUT2D eigenvalue weighted by molar-refractivity contribution is 0.0996. The van der Waals surface area contributed by atoms with E-state index in [4.69, 9.17) is 0 Å². The zero-order chi connectivity index (χ0) is 22.2. The maximum absolute atomic E-state index is 14.1. The number of amides is 1. The number of aromatic amines is 2. The van der Waals surface area contributed by atoms with E-state index in [1.807, 2.05) is 35.7 Å². The van der Waals surface area contributed by atoms with Gasteiger partial charge in [-0.1, -0.05) is 18.2 Å². The number of carbonyl (C=O) groups is 1. The largest absolute Gasteiger partial charge is 0.354 e. The third kappa shape index (κ3) is 3.19. The monoisotopic (exact) mass is 441 g/mol. The van der Waals surface area contributed by atoms with Gasteiger partial charge in [-0.3, -0.25) is 9.89 Å². The predicted molar refractivity (Wildman–Crippen MR) is 119 cm³/mol. The highest BCUT2D eigenvalue weighted by Crippen LogP contribution is 2.42. The second-order valence-electron chi connectivity index (χ2n) is 6.98. The first-order valence-electron chi connectivity index (χ1n) is 9.42. The molecule has 3 aromatic heterocycles. The Bertz CT molecular complexity index is 1560. The molecule has 2 N–H and O–H groups in total. The molecule has 5 rings (SSSR count). The van der Waals surface area contributed by atoms with Crippen LogP contribution in [0.15, 0.2) is 65.2 Å². The molecule has 0 spiro atoms. The van der Waals surface area contributed by atoms with Gasteiger partial charge >= 0.3 is 5.91 Å². The van der Waals surface area contributed by atoms with Crippen LogP contribution in [0.5, 0.6) is 0 Å². The van der Waals surface area contributed by atoms with Crippen molar-refractivity contribution in [3.63, 3.8) is 0 Å². The van der Waals surface area contributed by atoms with Crippen LogP contribution in [0.3, 0.4) is 0 Å². The molecule has 0 unspecified atom stereocenters. The second-order valence-corrected chi connectivity index (χ2v) is 7.90. The van der Waals surface area contributed by atoms with Crippen LogP contribution in [0.2, 0.25) is 0 Å². The maximum Gasteiger partial charge on any atom is 0.336 e. The van der Waals surface area contributed by atoms with Crippen LogP contribution in [0.4, 0.5) is 4.39 Å². The number of fused-ring (bicyclic) bond motifs is 1. The van der Waals surface area contributed by atoms with Crippen LogP contribution in [0.1, 0.15) is 15.4 Å². The summed E-state index contributed by atoms with van der Waals surface area (Å²) in [7, 11) is 0. The van der Waals surface area contributed by atoms with E-state index in [-0.39, 0.29) is 11.5 Å². The predicted octanol–water partition coefficient (Wildman–Crippen LogP) is 5.87. The van der Waals surface area contributed by atoms with Gasteiger partial charge in [-0.2, -0.15) is 10.4 Å². The van der Waals surface area contributed by atoms with E-state index in [0.29, 0.717) is 16.0 Å². The molecule has 0 radical (unpaired) electrons. The Balaban J connectivity index is 1.71. The first-order chi connectivity index (χ1) is 15.6. The number of H-pyrrole nitrogens is 2. The summed E-state index contributed by atoms with van der Waals surface area (Å²) in [6.07, 6.45) is 0. The number of halogens is 1. The molecular weight excluding hydrogens is 429 g/mol. The highest BCUT2D eigenvalue weighted by Gasteiger charge is 2.20. The van der Waals surface area contributed by atoms with Crippen molar-refractivity contribution in [2.75, 3.05) is 0 Å². The van der Waals surface area contributed by atoms with Gasteiger partial charge in [-0.05, 0) is 47.3 Å². The van der Waals surface area contributed by atoms with Gasteiger partial charge in [0.2, 0.25) is 0 Å². The molecule has 5 aromatic rings. The molecule has 7 nitrogen and oxygen atoms in total. The van der Waals surface area contributed by atoms with Crippen molar-refractivity contribution in [1.82, 2.24) is 15.2 Å². The Morgan fingerprint density at radius 2 is 1.97 bits per heavy atom. The lowest BCUT2D eigenvalue weighted by Gasteiger charge is -2.07. The van der Waals surface area contributed by atoms with Crippen LogP contribution in [0.25, 0.3) is 44.5 Å². The molecule has 0 saturated heterocycles. The lowest BCUT2D eigenvalue weighted by Crippen LogP contribution is -1.92. The average molecular weight is 441 g/mol. The number of hydrogen-bond donors (Lipinski definition) is 2. The van der Waals surface area contributed by atoms with Gasteiger partial charge in [0.15, 0.2) is 5.69 Å². The fourth-order valence-corrected chi connectivity index (χ4v) is 4.41. The molecule has 1 amide bonds. The second kappa shape index (κ2) is 7.68. The summed E-state index contributed by atoms with van der Waals surface area (Å²) in [4.78, 5) is 25.9. The molecule has 9 heteroatoms. The van der Waals surface area contributed by atoms with Crippen LogP contribution in [-0.2, 0) is 0 Å². The van der Waals surface area contributed by atoms with E-state index in [0.717, 1.165) is 33.5 Å². The van der Waals surface area contributed by atoms with Crippen molar-refractivity contribution >= 4 is 28.1 Å². The summed E-state index contributed by atoms with van der Waals surface area (Å²) >= 11 is 1.32. The molecular formula is C23H12FN5O2S. The van der Waals surface area contributed by atoms with Crippen molar-refractivity contribution < 1.29 is 9.18 Å². The third-order valence-electron chi connectivity index (χ3n) is 5.14. The number of thiophene rings is 1. The van der Waals surface area contributed by atoms with Gasteiger partial charge in [0.25, 0.3) is 0 Å². The van der Waals surface area contributed by atoms with Gasteiger partial charge in [0, 0.05) is 32.8 Å². The Morgan fingerprint density at radius 1 is 1.12 bits per heavy atom. The first kappa shape index (κ1) is 19.5. The normalized spacial score (nSPS) is 10.9.